The Kier molecular flexibility index (Phi) is 6.15. The molecule has 2 heterocycles. The zero-order valence-corrected chi connectivity index (χ0v) is 16.6. The van der Waals surface area contributed by atoms with E-state index in [1.807, 2.05) is 6.07 Å². The van der Waals surface area contributed by atoms with Crippen LogP contribution in [0.2, 0.25) is 10.0 Å². The quantitative estimate of drug-likeness (QED) is 0.538. The van der Waals surface area contributed by atoms with Gasteiger partial charge in [0.2, 0.25) is 21.9 Å². The molecule has 2 amide bonds. The molecule has 0 atom stereocenters. The highest BCUT2D eigenvalue weighted by Gasteiger charge is 2.12. The maximum absolute atomic E-state index is 11.9. The monoisotopic (exact) mass is 426 g/mol. The molecule has 0 spiro atoms. The third-order valence-electron chi connectivity index (χ3n) is 3.51. The maximum atomic E-state index is 11.9. The highest BCUT2D eigenvalue weighted by atomic mass is 35.5. The second-order valence-electron chi connectivity index (χ2n) is 5.63. The lowest BCUT2D eigenvalue weighted by Gasteiger charge is -2.05. The summed E-state index contributed by atoms with van der Waals surface area (Å²) in [5.41, 5.74) is 0.962. The number of imidazole rings is 1. The normalized spacial score (nSPS) is 10.8. The molecule has 0 saturated carbocycles. The van der Waals surface area contributed by atoms with E-state index in [9.17, 15) is 9.59 Å². The van der Waals surface area contributed by atoms with Gasteiger partial charge in [-0.1, -0.05) is 40.6 Å². The Balaban J connectivity index is 1.61. The topological polar surface area (TPSA) is 100 Å². The molecule has 0 aliphatic carbocycles. The standard InChI is InChI=1S/C16H16Cl2N6O2S/c1-9(25)19-5-4-14(26)22-13-8-21-16-24(13)23-15(27-16)20-7-10-2-3-11(17)12(18)6-10/h2-3,6,8H,4-5,7H2,1H3,(H,19,25)(H,20,23)(H,22,26). The van der Waals surface area contributed by atoms with Gasteiger partial charge in [0.15, 0.2) is 5.82 Å². The first kappa shape index (κ1) is 19.4. The number of aromatic nitrogens is 3. The summed E-state index contributed by atoms with van der Waals surface area (Å²) in [5, 5.41) is 14.6. The van der Waals surface area contributed by atoms with Gasteiger partial charge in [-0.3, -0.25) is 9.59 Å². The van der Waals surface area contributed by atoms with E-state index in [0.717, 1.165) is 5.56 Å². The highest BCUT2D eigenvalue weighted by Crippen LogP contribution is 2.25. The minimum Gasteiger partial charge on any atom is -0.356 e. The molecule has 2 aromatic heterocycles. The van der Waals surface area contributed by atoms with Crippen LogP contribution in [0.3, 0.4) is 0 Å². The van der Waals surface area contributed by atoms with Crippen molar-refractivity contribution in [3.05, 3.63) is 40.0 Å². The third kappa shape index (κ3) is 5.09. The lowest BCUT2D eigenvalue weighted by Crippen LogP contribution is -2.25. The van der Waals surface area contributed by atoms with Crippen molar-refractivity contribution in [2.75, 3.05) is 17.2 Å². The Labute approximate surface area is 168 Å². The number of carbonyl (C=O) groups excluding carboxylic acids is 2. The van der Waals surface area contributed by atoms with Gasteiger partial charge in [-0.05, 0) is 17.7 Å². The summed E-state index contributed by atoms with van der Waals surface area (Å²) >= 11 is 13.3. The average molecular weight is 427 g/mol. The van der Waals surface area contributed by atoms with Crippen molar-refractivity contribution < 1.29 is 9.59 Å². The van der Waals surface area contributed by atoms with Gasteiger partial charge in [-0.2, -0.15) is 4.52 Å². The molecule has 27 heavy (non-hydrogen) atoms. The summed E-state index contributed by atoms with van der Waals surface area (Å²) in [6.07, 6.45) is 1.71. The van der Waals surface area contributed by atoms with Crippen LogP contribution in [-0.4, -0.2) is 33.0 Å². The Morgan fingerprint density at radius 2 is 2.07 bits per heavy atom. The van der Waals surface area contributed by atoms with E-state index in [0.29, 0.717) is 32.5 Å². The fourth-order valence-corrected chi connectivity index (χ4v) is 3.33. The number of halogens is 2. The van der Waals surface area contributed by atoms with Gasteiger partial charge in [-0.15, -0.1) is 5.10 Å². The van der Waals surface area contributed by atoms with E-state index < -0.39 is 0 Å². The van der Waals surface area contributed by atoms with Crippen LogP contribution >= 0.6 is 34.5 Å². The molecule has 0 aliphatic rings. The van der Waals surface area contributed by atoms with Gasteiger partial charge in [0, 0.05) is 26.4 Å². The molecule has 0 unspecified atom stereocenters. The number of amides is 2. The van der Waals surface area contributed by atoms with Crippen molar-refractivity contribution in [1.82, 2.24) is 19.9 Å². The third-order valence-corrected chi connectivity index (χ3v) is 5.13. The average Bonchev–Trinajstić information content (AvgIpc) is 3.17. The molecule has 0 saturated heterocycles. The van der Waals surface area contributed by atoms with Crippen LogP contribution in [0.4, 0.5) is 10.9 Å². The molecule has 0 fully saturated rings. The summed E-state index contributed by atoms with van der Waals surface area (Å²) in [6, 6.07) is 5.40. The Morgan fingerprint density at radius 1 is 1.26 bits per heavy atom. The van der Waals surface area contributed by atoms with Crippen molar-refractivity contribution in [1.29, 1.82) is 0 Å². The first-order valence-electron chi connectivity index (χ1n) is 7.99. The van der Waals surface area contributed by atoms with E-state index >= 15 is 0 Å². The van der Waals surface area contributed by atoms with Gasteiger partial charge >= 0.3 is 0 Å². The first-order chi connectivity index (χ1) is 12.9. The van der Waals surface area contributed by atoms with E-state index in [1.165, 1.54) is 24.5 Å². The SMILES string of the molecule is CC(=O)NCCC(=O)Nc1cnc2sc(NCc3ccc(Cl)c(Cl)c3)nn12. The van der Waals surface area contributed by atoms with Gasteiger partial charge in [0.1, 0.15) is 0 Å². The number of hydrogen-bond acceptors (Lipinski definition) is 6. The van der Waals surface area contributed by atoms with Crippen molar-refractivity contribution in [2.45, 2.75) is 19.9 Å². The van der Waals surface area contributed by atoms with Crippen LogP contribution in [-0.2, 0) is 16.1 Å². The number of rotatable bonds is 7. The van der Waals surface area contributed by atoms with Crippen LogP contribution in [0.15, 0.2) is 24.4 Å². The predicted octanol–water partition coefficient (Wildman–Crippen LogP) is 3.17. The minimum absolute atomic E-state index is 0.166. The van der Waals surface area contributed by atoms with Crippen LogP contribution in [0, 0.1) is 0 Å². The second kappa shape index (κ2) is 8.55. The molecule has 3 N–H and O–H groups in total. The van der Waals surface area contributed by atoms with E-state index in [4.69, 9.17) is 23.2 Å². The van der Waals surface area contributed by atoms with Gasteiger partial charge < -0.3 is 16.0 Å². The summed E-state index contributed by atoms with van der Waals surface area (Å²) in [4.78, 5) is 27.7. The van der Waals surface area contributed by atoms with Crippen molar-refractivity contribution in [3.63, 3.8) is 0 Å². The molecule has 8 nitrogen and oxygen atoms in total. The number of hydrogen-bond donors (Lipinski definition) is 3. The number of anilines is 2. The van der Waals surface area contributed by atoms with Gasteiger partial charge in [0.25, 0.3) is 0 Å². The van der Waals surface area contributed by atoms with Crippen LogP contribution in [0.5, 0.6) is 0 Å². The van der Waals surface area contributed by atoms with E-state index in [2.05, 4.69) is 26.0 Å². The molecule has 3 rings (SSSR count). The Bertz CT molecular complexity index is 987. The zero-order valence-electron chi connectivity index (χ0n) is 14.3. The summed E-state index contributed by atoms with van der Waals surface area (Å²) in [5.74, 6) is 0.0623. The molecular weight excluding hydrogens is 411 g/mol. The van der Waals surface area contributed by atoms with Crippen molar-refractivity contribution in [2.24, 2.45) is 0 Å². The number of carbonyl (C=O) groups is 2. The fourth-order valence-electron chi connectivity index (χ4n) is 2.23. The van der Waals surface area contributed by atoms with Crippen LogP contribution in [0.1, 0.15) is 18.9 Å². The van der Waals surface area contributed by atoms with Gasteiger partial charge in [0.05, 0.1) is 16.2 Å². The second-order valence-corrected chi connectivity index (χ2v) is 7.40. The number of benzene rings is 1. The number of nitrogens with zero attached hydrogens (tertiary/aromatic N) is 3. The Hall–Kier alpha value is -2.36. The van der Waals surface area contributed by atoms with Crippen molar-refractivity contribution in [3.8, 4) is 0 Å². The molecule has 0 aliphatic heterocycles. The molecule has 0 radical (unpaired) electrons. The smallest absolute Gasteiger partial charge is 0.227 e. The molecule has 11 heteroatoms. The molecular formula is C16H16Cl2N6O2S. The largest absolute Gasteiger partial charge is 0.356 e. The molecule has 3 aromatic rings. The highest BCUT2D eigenvalue weighted by molar-refractivity contribution is 7.20. The fraction of sp³-hybridized carbons (Fsp3) is 0.250. The Morgan fingerprint density at radius 3 is 2.81 bits per heavy atom. The summed E-state index contributed by atoms with van der Waals surface area (Å²) in [7, 11) is 0. The molecule has 0 bridgehead atoms. The number of nitrogens with one attached hydrogen (secondary N) is 3. The van der Waals surface area contributed by atoms with Crippen LogP contribution in [0.25, 0.3) is 4.96 Å². The van der Waals surface area contributed by atoms with E-state index in [1.54, 1.807) is 16.6 Å². The number of fused-ring (bicyclic) bond motifs is 1. The minimum atomic E-state index is -0.233. The predicted molar refractivity (Wildman–Crippen MR) is 107 cm³/mol. The first-order valence-corrected chi connectivity index (χ1v) is 9.56. The lowest BCUT2D eigenvalue weighted by molar-refractivity contribution is -0.119. The van der Waals surface area contributed by atoms with E-state index in [-0.39, 0.29) is 24.8 Å². The molecule has 1 aromatic carbocycles. The zero-order chi connectivity index (χ0) is 19.4. The van der Waals surface area contributed by atoms with Crippen LogP contribution < -0.4 is 16.0 Å². The summed E-state index contributed by atoms with van der Waals surface area (Å²) < 4.78 is 1.55. The maximum Gasteiger partial charge on any atom is 0.227 e. The summed E-state index contributed by atoms with van der Waals surface area (Å²) in [6.45, 7) is 2.20. The molecule has 142 valence electrons. The lowest BCUT2D eigenvalue weighted by atomic mass is 10.2. The van der Waals surface area contributed by atoms with Crippen molar-refractivity contribution >= 4 is 62.3 Å². The van der Waals surface area contributed by atoms with Gasteiger partial charge in [-0.25, -0.2) is 4.98 Å².